The van der Waals surface area contributed by atoms with E-state index < -0.39 is 0 Å². The Kier molecular flexibility index (Phi) is 4.33. The first-order valence-corrected chi connectivity index (χ1v) is 5.97. The molecule has 1 aliphatic rings. The van der Waals surface area contributed by atoms with Gasteiger partial charge in [0.15, 0.2) is 0 Å². The lowest BCUT2D eigenvalue weighted by Gasteiger charge is -2.27. The van der Waals surface area contributed by atoms with Gasteiger partial charge in [-0.15, -0.1) is 0 Å². The van der Waals surface area contributed by atoms with Crippen LogP contribution in [-0.4, -0.2) is 35.3 Å². The summed E-state index contributed by atoms with van der Waals surface area (Å²) < 4.78 is 0. The maximum absolute atomic E-state index is 11.8. The molecule has 2 amide bonds. The number of nitrogens with one attached hydrogen (secondary N) is 1. The van der Waals surface area contributed by atoms with Crippen molar-refractivity contribution in [1.29, 1.82) is 0 Å². The fourth-order valence-corrected chi connectivity index (χ4v) is 1.85. The second-order valence-electron chi connectivity index (χ2n) is 5.42. The molecule has 4 nitrogen and oxygen atoms in total. The molecule has 16 heavy (non-hydrogen) atoms. The average molecular weight is 226 g/mol. The van der Waals surface area contributed by atoms with Crippen molar-refractivity contribution in [3.8, 4) is 0 Å². The van der Waals surface area contributed by atoms with E-state index in [0.717, 1.165) is 25.9 Å². The van der Waals surface area contributed by atoms with Crippen molar-refractivity contribution in [3.05, 3.63) is 0 Å². The van der Waals surface area contributed by atoms with Gasteiger partial charge in [-0.1, -0.05) is 0 Å². The van der Waals surface area contributed by atoms with E-state index in [1.165, 1.54) is 6.42 Å². The zero-order valence-corrected chi connectivity index (χ0v) is 10.5. The molecule has 0 aromatic carbocycles. The van der Waals surface area contributed by atoms with Gasteiger partial charge in [0.1, 0.15) is 6.42 Å². The van der Waals surface area contributed by atoms with Crippen LogP contribution in [0.15, 0.2) is 0 Å². The molecule has 1 rings (SSSR count). The quantitative estimate of drug-likeness (QED) is 0.722. The minimum absolute atomic E-state index is 0.0166. The third-order valence-electron chi connectivity index (χ3n) is 2.53. The van der Waals surface area contributed by atoms with E-state index in [1.54, 1.807) is 4.90 Å². The van der Waals surface area contributed by atoms with Crippen molar-refractivity contribution in [2.24, 2.45) is 0 Å². The molecule has 4 heteroatoms. The lowest BCUT2D eigenvalue weighted by Crippen LogP contribution is -2.44. The number of amides is 2. The molecule has 1 aliphatic heterocycles. The summed E-state index contributed by atoms with van der Waals surface area (Å²) >= 11 is 0. The number of likely N-dealkylation sites (tertiary alicyclic amines) is 1. The van der Waals surface area contributed by atoms with Crippen LogP contribution in [0, 0.1) is 0 Å². The van der Waals surface area contributed by atoms with E-state index in [2.05, 4.69) is 5.32 Å². The summed E-state index contributed by atoms with van der Waals surface area (Å²) in [5.41, 5.74) is -0.265. The molecule has 92 valence electrons. The average Bonchev–Trinajstić information content (AvgIpc) is 2.16. The summed E-state index contributed by atoms with van der Waals surface area (Å²) in [6.45, 7) is 7.35. The maximum Gasteiger partial charge on any atom is 0.232 e. The first-order valence-electron chi connectivity index (χ1n) is 5.97. The standard InChI is InChI=1S/C12H22N2O2/c1-12(2,3)13-10(15)9-11(16)14-7-5-4-6-8-14/h4-9H2,1-3H3,(H,13,15). The van der Waals surface area contributed by atoms with Gasteiger partial charge >= 0.3 is 0 Å². The normalized spacial score (nSPS) is 17.1. The maximum atomic E-state index is 11.8. The predicted octanol–water partition coefficient (Wildman–Crippen LogP) is 1.30. The lowest BCUT2D eigenvalue weighted by atomic mass is 10.1. The topological polar surface area (TPSA) is 49.4 Å². The second kappa shape index (κ2) is 5.32. The van der Waals surface area contributed by atoms with Gasteiger partial charge in [-0.25, -0.2) is 0 Å². The number of piperidine rings is 1. The zero-order valence-electron chi connectivity index (χ0n) is 10.5. The highest BCUT2D eigenvalue weighted by molar-refractivity contribution is 5.97. The minimum atomic E-state index is -0.265. The van der Waals surface area contributed by atoms with Crippen molar-refractivity contribution in [3.63, 3.8) is 0 Å². The Morgan fingerprint density at radius 3 is 2.19 bits per heavy atom. The van der Waals surface area contributed by atoms with E-state index in [4.69, 9.17) is 0 Å². The SMILES string of the molecule is CC(C)(C)NC(=O)CC(=O)N1CCCCC1. The summed E-state index contributed by atoms with van der Waals surface area (Å²) in [6.07, 6.45) is 3.30. The van der Waals surface area contributed by atoms with E-state index in [9.17, 15) is 9.59 Å². The van der Waals surface area contributed by atoms with Crippen LogP contribution in [0.25, 0.3) is 0 Å². The van der Waals surface area contributed by atoms with Crippen LogP contribution in [0.2, 0.25) is 0 Å². The van der Waals surface area contributed by atoms with Gasteiger partial charge in [0.2, 0.25) is 11.8 Å². The van der Waals surface area contributed by atoms with E-state index in [1.807, 2.05) is 20.8 Å². The Hall–Kier alpha value is -1.06. The number of carbonyl (C=O) groups is 2. The zero-order chi connectivity index (χ0) is 12.2. The van der Waals surface area contributed by atoms with Gasteiger partial charge < -0.3 is 10.2 Å². The van der Waals surface area contributed by atoms with Crippen molar-refractivity contribution in [1.82, 2.24) is 10.2 Å². The minimum Gasteiger partial charge on any atom is -0.351 e. The summed E-state index contributed by atoms with van der Waals surface area (Å²) in [7, 11) is 0. The van der Waals surface area contributed by atoms with Crippen LogP contribution in [-0.2, 0) is 9.59 Å². The van der Waals surface area contributed by atoms with Gasteiger partial charge in [-0.05, 0) is 40.0 Å². The molecular formula is C12H22N2O2. The molecule has 0 atom stereocenters. The monoisotopic (exact) mass is 226 g/mol. The largest absolute Gasteiger partial charge is 0.351 e. The third kappa shape index (κ3) is 4.64. The smallest absolute Gasteiger partial charge is 0.232 e. The van der Waals surface area contributed by atoms with Gasteiger partial charge in [0.25, 0.3) is 0 Å². The fourth-order valence-electron chi connectivity index (χ4n) is 1.85. The number of rotatable bonds is 2. The van der Waals surface area contributed by atoms with Gasteiger partial charge in [0, 0.05) is 18.6 Å². The Morgan fingerprint density at radius 1 is 1.12 bits per heavy atom. The van der Waals surface area contributed by atoms with Crippen molar-refractivity contribution >= 4 is 11.8 Å². The molecule has 1 N–H and O–H groups in total. The molecular weight excluding hydrogens is 204 g/mol. The van der Waals surface area contributed by atoms with Crippen LogP contribution in [0.3, 0.4) is 0 Å². The molecule has 0 unspecified atom stereocenters. The molecule has 0 bridgehead atoms. The Labute approximate surface area is 97.4 Å². The van der Waals surface area contributed by atoms with Crippen LogP contribution in [0.1, 0.15) is 46.5 Å². The Balaban J connectivity index is 2.35. The van der Waals surface area contributed by atoms with Crippen LogP contribution in [0.4, 0.5) is 0 Å². The van der Waals surface area contributed by atoms with E-state index >= 15 is 0 Å². The molecule has 1 saturated heterocycles. The summed E-state index contributed by atoms with van der Waals surface area (Å²) in [5, 5.41) is 2.80. The second-order valence-corrected chi connectivity index (χ2v) is 5.42. The highest BCUT2D eigenvalue weighted by Gasteiger charge is 2.21. The molecule has 0 aromatic rings. The van der Waals surface area contributed by atoms with Crippen molar-refractivity contribution < 1.29 is 9.59 Å². The molecule has 1 heterocycles. The molecule has 0 spiro atoms. The molecule has 1 fully saturated rings. The van der Waals surface area contributed by atoms with Crippen LogP contribution >= 0.6 is 0 Å². The Morgan fingerprint density at radius 2 is 1.69 bits per heavy atom. The number of hydrogen-bond donors (Lipinski definition) is 1. The summed E-state index contributed by atoms with van der Waals surface area (Å²) in [4.78, 5) is 25.1. The number of hydrogen-bond acceptors (Lipinski definition) is 2. The van der Waals surface area contributed by atoms with Crippen molar-refractivity contribution in [2.45, 2.75) is 52.0 Å². The molecule has 0 aromatic heterocycles. The van der Waals surface area contributed by atoms with E-state index in [0.29, 0.717) is 0 Å². The lowest BCUT2D eigenvalue weighted by molar-refractivity contribution is -0.137. The first kappa shape index (κ1) is 13.0. The first-order chi connectivity index (χ1) is 7.38. The number of nitrogens with zero attached hydrogens (tertiary/aromatic N) is 1. The highest BCUT2D eigenvalue weighted by Crippen LogP contribution is 2.10. The van der Waals surface area contributed by atoms with Gasteiger partial charge in [-0.2, -0.15) is 0 Å². The highest BCUT2D eigenvalue weighted by atomic mass is 16.2. The van der Waals surface area contributed by atoms with Gasteiger partial charge in [0.05, 0.1) is 0 Å². The Bertz CT molecular complexity index is 263. The summed E-state index contributed by atoms with van der Waals surface area (Å²) in [6, 6.07) is 0. The van der Waals surface area contributed by atoms with Gasteiger partial charge in [-0.3, -0.25) is 9.59 Å². The molecule has 0 saturated carbocycles. The van der Waals surface area contributed by atoms with Crippen molar-refractivity contribution in [2.75, 3.05) is 13.1 Å². The molecule has 0 aliphatic carbocycles. The van der Waals surface area contributed by atoms with E-state index in [-0.39, 0.29) is 23.8 Å². The predicted molar refractivity (Wildman–Crippen MR) is 62.9 cm³/mol. The third-order valence-corrected chi connectivity index (χ3v) is 2.53. The van der Waals surface area contributed by atoms with Crippen LogP contribution < -0.4 is 5.32 Å². The molecule has 0 radical (unpaired) electrons. The van der Waals surface area contributed by atoms with Crippen LogP contribution in [0.5, 0.6) is 0 Å². The fraction of sp³-hybridized carbons (Fsp3) is 0.833. The number of carbonyl (C=O) groups excluding carboxylic acids is 2. The summed E-state index contributed by atoms with van der Waals surface area (Å²) in [5.74, 6) is -0.218.